The van der Waals surface area contributed by atoms with E-state index in [0.717, 1.165) is 0 Å². The van der Waals surface area contributed by atoms with Crippen LogP contribution in [0, 0.1) is 0 Å². The van der Waals surface area contributed by atoms with Gasteiger partial charge in [-0.1, -0.05) is 6.08 Å². The van der Waals surface area contributed by atoms with Crippen LogP contribution >= 0.6 is 0 Å². The van der Waals surface area contributed by atoms with Crippen molar-refractivity contribution < 1.29 is 23.9 Å². The summed E-state index contributed by atoms with van der Waals surface area (Å²) < 4.78 is 5.19. The molecule has 1 fully saturated rings. The van der Waals surface area contributed by atoms with E-state index in [2.05, 4.69) is 5.32 Å². The third kappa shape index (κ3) is 6.16. The van der Waals surface area contributed by atoms with Gasteiger partial charge in [0.25, 0.3) is 0 Å². The quantitative estimate of drug-likeness (QED) is 0.686. The first-order chi connectivity index (χ1) is 12.0. The Morgan fingerprint density at radius 2 is 1.92 bits per heavy atom. The highest BCUT2D eigenvalue weighted by Crippen LogP contribution is 2.19. The van der Waals surface area contributed by atoms with Crippen molar-refractivity contribution in [3.05, 3.63) is 11.6 Å². The Morgan fingerprint density at radius 3 is 2.42 bits per heavy atom. The first-order valence-electron chi connectivity index (χ1n) is 8.71. The van der Waals surface area contributed by atoms with Gasteiger partial charge >= 0.3 is 6.09 Å². The monoisotopic (exact) mass is 367 g/mol. The second-order valence-corrected chi connectivity index (χ2v) is 7.39. The zero-order chi connectivity index (χ0) is 20.1. The minimum absolute atomic E-state index is 0.212. The van der Waals surface area contributed by atoms with Gasteiger partial charge in [0.15, 0.2) is 5.78 Å². The van der Waals surface area contributed by atoms with Crippen molar-refractivity contribution in [1.82, 2.24) is 10.2 Å². The lowest BCUT2D eigenvalue weighted by Gasteiger charge is -2.28. The highest BCUT2D eigenvalue weighted by Gasteiger charge is 2.38. The number of nitrogens with zero attached hydrogens (tertiary/aromatic N) is 1. The van der Waals surface area contributed by atoms with Gasteiger partial charge < -0.3 is 20.7 Å². The molecule has 0 aromatic carbocycles. The van der Waals surface area contributed by atoms with E-state index in [1.165, 1.54) is 4.90 Å². The van der Waals surface area contributed by atoms with Gasteiger partial charge in [0.1, 0.15) is 17.7 Å². The Kier molecular flexibility index (Phi) is 7.35. The fourth-order valence-corrected chi connectivity index (χ4v) is 2.68. The molecule has 3 amide bonds. The second kappa shape index (κ2) is 8.82. The van der Waals surface area contributed by atoms with Crippen LogP contribution in [0.15, 0.2) is 11.6 Å². The van der Waals surface area contributed by atoms with Crippen LogP contribution in [-0.2, 0) is 19.1 Å². The molecule has 1 aliphatic rings. The van der Waals surface area contributed by atoms with Gasteiger partial charge in [0.2, 0.25) is 11.8 Å². The third-order valence-electron chi connectivity index (χ3n) is 4.12. The lowest BCUT2D eigenvalue weighted by molar-refractivity contribution is -0.139. The molecule has 3 N–H and O–H groups in total. The first-order valence-corrected chi connectivity index (χ1v) is 8.71. The Bertz CT molecular complexity index is 606. The highest BCUT2D eigenvalue weighted by atomic mass is 16.6. The van der Waals surface area contributed by atoms with Crippen molar-refractivity contribution in [1.29, 1.82) is 0 Å². The van der Waals surface area contributed by atoms with Crippen LogP contribution in [-0.4, -0.2) is 52.8 Å². The van der Waals surface area contributed by atoms with Crippen LogP contribution in [0.3, 0.4) is 0 Å². The largest absolute Gasteiger partial charge is 0.444 e. The minimum Gasteiger partial charge on any atom is -0.444 e. The molecule has 0 saturated carbocycles. The first kappa shape index (κ1) is 21.7. The molecule has 0 spiro atoms. The number of ether oxygens (including phenoxy) is 1. The van der Waals surface area contributed by atoms with E-state index in [1.807, 2.05) is 0 Å². The van der Waals surface area contributed by atoms with Gasteiger partial charge in [0, 0.05) is 13.0 Å². The number of alkyl carbamates (subject to hydrolysis) is 1. The van der Waals surface area contributed by atoms with Gasteiger partial charge in [-0.2, -0.15) is 0 Å². The van der Waals surface area contributed by atoms with Crippen molar-refractivity contribution in [2.75, 3.05) is 6.54 Å². The summed E-state index contributed by atoms with van der Waals surface area (Å²) in [5, 5.41) is 2.47. The Morgan fingerprint density at radius 1 is 1.31 bits per heavy atom. The maximum atomic E-state index is 12.9. The van der Waals surface area contributed by atoms with Crippen LogP contribution in [0.4, 0.5) is 4.79 Å². The molecule has 0 aliphatic carbocycles. The molecule has 0 bridgehead atoms. The molecule has 26 heavy (non-hydrogen) atoms. The van der Waals surface area contributed by atoms with Crippen molar-refractivity contribution in [3.8, 4) is 0 Å². The molecule has 1 aliphatic heterocycles. The summed E-state index contributed by atoms with van der Waals surface area (Å²) in [6, 6.07) is -1.84. The molecular weight excluding hydrogens is 338 g/mol. The Labute approximate surface area is 154 Å². The molecule has 2 atom stereocenters. The Balaban J connectivity index is 2.99. The number of ketones is 1. The molecule has 1 saturated heterocycles. The predicted molar refractivity (Wildman–Crippen MR) is 96.1 cm³/mol. The molecule has 0 radical (unpaired) electrons. The summed E-state index contributed by atoms with van der Waals surface area (Å²) in [6.07, 6.45) is 1.74. The van der Waals surface area contributed by atoms with Crippen LogP contribution in [0.25, 0.3) is 0 Å². The van der Waals surface area contributed by atoms with Crippen LogP contribution < -0.4 is 11.1 Å². The number of allylic oxidation sites excluding steroid dienone is 2. The molecule has 8 heteroatoms. The number of carbonyl (C=O) groups is 4. The summed E-state index contributed by atoms with van der Waals surface area (Å²) in [4.78, 5) is 50.2. The van der Waals surface area contributed by atoms with Gasteiger partial charge in [-0.15, -0.1) is 0 Å². The van der Waals surface area contributed by atoms with Gasteiger partial charge in [-0.05, 0) is 53.0 Å². The molecule has 0 aromatic heterocycles. The van der Waals surface area contributed by atoms with Crippen LogP contribution in [0.1, 0.15) is 53.9 Å². The number of likely N-dealkylation sites (tertiary alicyclic amines) is 1. The van der Waals surface area contributed by atoms with E-state index in [9.17, 15) is 19.2 Å². The van der Waals surface area contributed by atoms with Gasteiger partial charge in [-0.3, -0.25) is 14.4 Å². The molecule has 146 valence electrons. The lowest BCUT2D eigenvalue weighted by atomic mass is 10.0. The van der Waals surface area contributed by atoms with E-state index in [0.29, 0.717) is 25.0 Å². The number of hydrogen-bond donors (Lipinski definition) is 2. The number of nitrogens with two attached hydrogens (primary N) is 1. The van der Waals surface area contributed by atoms with E-state index >= 15 is 0 Å². The molecular formula is C18H29N3O5. The SMILES string of the molecule is C/C=C(\C)C(=O)C[C@H](NC(=O)OC(C)(C)C)C(=O)N1CCCC1C(N)=O. The fourth-order valence-electron chi connectivity index (χ4n) is 2.68. The van der Waals surface area contributed by atoms with Crippen LogP contribution in [0.2, 0.25) is 0 Å². The van der Waals surface area contributed by atoms with Crippen molar-refractivity contribution in [3.63, 3.8) is 0 Å². The topological polar surface area (TPSA) is 119 Å². The number of rotatable bonds is 6. The van der Waals surface area contributed by atoms with E-state index in [1.54, 1.807) is 40.7 Å². The number of primary amides is 1. The standard InChI is InChI=1S/C18H29N3O5/c1-6-11(2)14(22)10-12(20-17(25)26-18(3,4)5)16(24)21-9-7-8-13(21)15(19)23/h6,12-13H,7-10H2,1-5H3,(H2,19,23)(H,20,25)/b11-6+/t12-,13?/m0/s1. The van der Waals surface area contributed by atoms with Crippen molar-refractivity contribution >= 4 is 23.7 Å². The third-order valence-corrected chi connectivity index (χ3v) is 4.12. The maximum absolute atomic E-state index is 12.9. The molecule has 8 nitrogen and oxygen atoms in total. The van der Waals surface area contributed by atoms with E-state index < -0.39 is 35.6 Å². The number of nitrogens with one attached hydrogen (secondary N) is 1. The summed E-state index contributed by atoms with van der Waals surface area (Å²) in [5.74, 6) is -1.37. The van der Waals surface area contributed by atoms with E-state index in [4.69, 9.17) is 10.5 Å². The average Bonchev–Trinajstić information content (AvgIpc) is 3.00. The minimum atomic E-state index is -1.12. The predicted octanol–water partition coefficient (Wildman–Crippen LogP) is 1.28. The van der Waals surface area contributed by atoms with Crippen LogP contribution in [0.5, 0.6) is 0 Å². The summed E-state index contributed by atoms with van der Waals surface area (Å²) in [7, 11) is 0. The maximum Gasteiger partial charge on any atom is 0.408 e. The van der Waals surface area contributed by atoms with Crippen molar-refractivity contribution in [2.45, 2.75) is 71.6 Å². The molecule has 1 rings (SSSR count). The summed E-state index contributed by atoms with van der Waals surface area (Å²) >= 11 is 0. The fraction of sp³-hybridized carbons (Fsp3) is 0.667. The zero-order valence-electron chi connectivity index (χ0n) is 16.1. The number of hydrogen-bond acceptors (Lipinski definition) is 5. The van der Waals surface area contributed by atoms with E-state index in [-0.39, 0.29) is 12.2 Å². The molecule has 1 unspecified atom stereocenters. The Hall–Kier alpha value is -2.38. The highest BCUT2D eigenvalue weighted by molar-refractivity contribution is 6.00. The van der Waals surface area contributed by atoms with Gasteiger partial charge in [0.05, 0.1) is 0 Å². The van der Waals surface area contributed by atoms with Crippen molar-refractivity contribution in [2.24, 2.45) is 5.73 Å². The van der Waals surface area contributed by atoms with Gasteiger partial charge in [-0.25, -0.2) is 4.79 Å². The smallest absolute Gasteiger partial charge is 0.408 e. The average molecular weight is 367 g/mol. The number of amides is 3. The number of carbonyl (C=O) groups excluding carboxylic acids is 4. The molecule has 0 aromatic rings. The number of Topliss-reactive ketones (excluding diaryl/α,β-unsaturated/α-hetero) is 1. The molecule has 1 heterocycles. The lowest BCUT2D eigenvalue weighted by Crippen LogP contribution is -2.54. The zero-order valence-corrected chi connectivity index (χ0v) is 16.1. The second-order valence-electron chi connectivity index (χ2n) is 7.39. The summed E-state index contributed by atoms with van der Waals surface area (Å²) in [6.45, 7) is 8.80. The summed E-state index contributed by atoms with van der Waals surface area (Å²) in [5.41, 5.74) is 5.10. The normalized spacial score (nSPS) is 19.0.